The molecule has 0 spiro atoms. The highest BCUT2D eigenvalue weighted by atomic mass is 35.5. The molecule has 1 aliphatic heterocycles. The topological polar surface area (TPSA) is 61.4 Å². The maximum Gasteiger partial charge on any atom is 0.145 e. The number of hydrogen-bond acceptors (Lipinski definition) is 4. The average Bonchev–Trinajstić information content (AvgIpc) is 2.91. The number of allylic oxidation sites excluding steroid dienone is 1. The molecule has 5 rings (SSSR count). The summed E-state index contributed by atoms with van der Waals surface area (Å²) in [6, 6.07) is 22.4. The van der Waals surface area contributed by atoms with Gasteiger partial charge in [-0.25, -0.2) is 0 Å². The number of phenolic OH excluding ortho intramolecular Hbond substituents is 1. The maximum atomic E-state index is 13.5. The molecule has 1 heterocycles. The van der Waals surface area contributed by atoms with Crippen LogP contribution in [0, 0.1) is 5.92 Å². The first-order valence-electron chi connectivity index (χ1n) is 10.0. The number of phenols is 1. The summed E-state index contributed by atoms with van der Waals surface area (Å²) >= 11 is 6.43. The van der Waals surface area contributed by atoms with Gasteiger partial charge in [0, 0.05) is 23.1 Å². The molecule has 0 saturated carbocycles. The van der Waals surface area contributed by atoms with Crippen molar-refractivity contribution in [1.82, 2.24) is 0 Å². The standard InChI is InChI=1S/C25H21ClN2O2/c26-19-9-2-1-8-18(19)16-13-22-24(23(30)14-16)25(15-6-5-7-17(29)12-15)28-21-11-4-3-10-20(21)27-22/h1-13,16,24-25,27-29H,14H2. The second-order valence-electron chi connectivity index (χ2n) is 7.79. The van der Waals surface area contributed by atoms with Gasteiger partial charge in [-0.2, -0.15) is 0 Å². The number of ketones is 1. The number of rotatable bonds is 2. The second-order valence-corrected chi connectivity index (χ2v) is 8.19. The van der Waals surface area contributed by atoms with E-state index in [4.69, 9.17) is 11.6 Å². The highest BCUT2D eigenvalue weighted by molar-refractivity contribution is 6.31. The van der Waals surface area contributed by atoms with Crippen molar-refractivity contribution in [2.24, 2.45) is 5.92 Å². The van der Waals surface area contributed by atoms with Crippen LogP contribution in [-0.4, -0.2) is 10.9 Å². The summed E-state index contributed by atoms with van der Waals surface area (Å²) in [6.45, 7) is 0. The molecule has 3 aromatic rings. The van der Waals surface area contributed by atoms with Gasteiger partial charge in [0.2, 0.25) is 0 Å². The number of anilines is 2. The Morgan fingerprint density at radius 2 is 1.70 bits per heavy atom. The smallest absolute Gasteiger partial charge is 0.145 e. The lowest BCUT2D eigenvalue weighted by Gasteiger charge is -2.32. The van der Waals surface area contributed by atoms with Gasteiger partial charge < -0.3 is 15.7 Å². The quantitative estimate of drug-likeness (QED) is 0.488. The van der Waals surface area contributed by atoms with E-state index in [0.717, 1.165) is 28.2 Å². The molecule has 0 saturated heterocycles. The molecule has 1 aliphatic carbocycles. The van der Waals surface area contributed by atoms with Gasteiger partial charge in [-0.1, -0.05) is 60.1 Å². The van der Waals surface area contributed by atoms with Gasteiger partial charge in [0.15, 0.2) is 0 Å². The molecule has 0 aromatic heterocycles. The summed E-state index contributed by atoms with van der Waals surface area (Å²) in [5.74, 6) is -0.154. The van der Waals surface area contributed by atoms with Gasteiger partial charge in [-0.15, -0.1) is 0 Å². The Bertz CT molecular complexity index is 1160. The molecule has 3 unspecified atom stereocenters. The summed E-state index contributed by atoms with van der Waals surface area (Å²) in [5, 5.41) is 17.7. The zero-order valence-electron chi connectivity index (χ0n) is 16.2. The Morgan fingerprint density at radius 1 is 0.933 bits per heavy atom. The fourth-order valence-electron chi connectivity index (χ4n) is 4.48. The molecule has 0 fully saturated rings. The van der Waals surface area contributed by atoms with Gasteiger partial charge in [-0.3, -0.25) is 4.79 Å². The van der Waals surface area contributed by atoms with E-state index in [1.54, 1.807) is 18.2 Å². The van der Waals surface area contributed by atoms with E-state index in [9.17, 15) is 9.90 Å². The molecule has 4 nitrogen and oxygen atoms in total. The van der Waals surface area contributed by atoms with Crippen molar-refractivity contribution in [1.29, 1.82) is 0 Å². The third-order valence-corrected chi connectivity index (χ3v) is 6.21. The predicted molar refractivity (Wildman–Crippen MR) is 120 cm³/mol. The molecule has 3 aromatic carbocycles. The first-order valence-corrected chi connectivity index (χ1v) is 10.4. The molecule has 150 valence electrons. The van der Waals surface area contributed by atoms with Crippen molar-refractivity contribution in [3.05, 3.63) is 101 Å². The fraction of sp³-hybridized carbons (Fsp3) is 0.160. The van der Waals surface area contributed by atoms with Gasteiger partial charge >= 0.3 is 0 Å². The molecular formula is C25H21ClN2O2. The van der Waals surface area contributed by atoms with Crippen LogP contribution in [0.4, 0.5) is 11.4 Å². The summed E-state index contributed by atoms with van der Waals surface area (Å²) in [5.41, 5.74) is 4.53. The SMILES string of the molecule is O=C1CC(c2ccccc2Cl)C=C2Nc3ccccc3NC(c3cccc(O)c3)C12. The van der Waals surface area contributed by atoms with Crippen LogP contribution in [0.1, 0.15) is 29.5 Å². The summed E-state index contributed by atoms with van der Waals surface area (Å²) in [4.78, 5) is 13.5. The Hall–Kier alpha value is -3.24. The van der Waals surface area contributed by atoms with E-state index < -0.39 is 5.92 Å². The summed E-state index contributed by atoms with van der Waals surface area (Å²) < 4.78 is 0. The lowest BCUT2D eigenvalue weighted by molar-refractivity contribution is -0.122. The van der Waals surface area contributed by atoms with E-state index in [1.807, 2.05) is 54.6 Å². The Balaban J connectivity index is 1.64. The molecule has 2 aliphatic rings. The average molecular weight is 417 g/mol. The largest absolute Gasteiger partial charge is 0.508 e. The van der Waals surface area contributed by atoms with Gasteiger partial charge in [0.1, 0.15) is 11.5 Å². The zero-order valence-corrected chi connectivity index (χ0v) is 16.9. The van der Waals surface area contributed by atoms with Crippen LogP contribution in [0.15, 0.2) is 84.6 Å². The van der Waals surface area contributed by atoms with E-state index >= 15 is 0 Å². The van der Waals surface area contributed by atoms with Crippen molar-refractivity contribution in [3.63, 3.8) is 0 Å². The van der Waals surface area contributed by atoms with Crippen LogP contribution in [0.2, 0.25) is 5.02 Å². The van der Waals surface area contributed by atoms with Crippen molar-refractivity contribution in [3.8, 4) is 5.75 Å². The number of aromatic hydroxyl groups is 1. The molecule has 0 amide bonds. The summed E-state index contributed by atoms with van der Waals surface area (Å²) in [6.07, 6.45) is 2.51. The van der Waals surface area contributed by atoms with Crippen LogP contribution in [-0.2, 0) is 4.79 Å². The number of benzene rings is 3. The number of carbonyl (C=O) groups excluding carboxylic acids is 1. The van der Waals surface area contributed by atoms with Crippen molar-refractivity contribution >= 4 is 28.8 Å². The normalized spacial score (nSPS) is 22.6. The molecule has 3 N–H and O–H groups in total. The molecule has 3 atom stereocenters. The summed E-state index contributed by atoms with van der Waals surface area (Å²) in [7, 11) is 0. The minimum Gasteiger partial charge on any atom is -0.508 e. The Labute approximate surface area is 180 Å². The van der Waals surface area contributed by atoms with Gasteiger partial charge in [-0.05, 0) is 41.5 Å². The third-order valence-electron chi connectivity index (χ3n) is 5.87. The molecule has 5 heteroatoms. The van der Waals surface area contributed by atoms with E-state index in [1.165, 1.54) is 0 Å². The highest BCUT2D eigenvalue weighted by Crippen LogP contribution is 2.45. The van der Waals surface area contributed by atoms with Gasteiger partial charge in [0.05, 0.1) is 23.3 Å². The number of hydrogen-bond donors (Lipinski definition) is 3. The Kier molecular flexibility index (Phi) is 4.72. The molecular weight excluding hydrogens is 396 g/mol. The van der Waals surface area contributed by atoms with Crippen LogP contribution in [0.3, 0.4) is 0 Å². The van der Waals surface area contributed by atoms with Crippen LogP contribution in [0.5, 0.6) is 5.75 Å². The van der Waals surface area contributed by atoms with E-state index in [0.29, 0.717) is 11.4 Å². The lowest BCUT2D eigenvalue weighted by Crippen LogP contribution is -2.33. The first-order chi connectivity index (χ1) is 14.6. The highest BCUT2D eigenvalue weighted by Gasteiger charge is 2.40. The minimum absolute atomic E-state index is 0.0833. The third kappa shape index (κ3) is 3.33. The van der Waals surface area contributed by atoms with Gasteiger partial charge in [0.25, 0.3) is 0 Å². The number of para-hydroxylation sites is 2. The maximum absolute atomic E-state index is 13.5. The number of halogens is 1. The number of fused-ring (bicyclic) bond motifs is 2. The van der Waals surface area contributed by atoms with Crippen molar-refractivity contribution < 1.29 is 9.90 Å². The molecule has 0 bridgehead atoms. The van der Waals surface area contributed by atoms with Crippen LogP contribution in [0.25, 0.3) is 0 Å². The minimum atomic E-state index is -0.391. The predicted octanol–water partition coefficient (Wildman–Crippen LogP) is 5.88. The van der Waals surface area contributed by atoms with Crippen molar-refractivity contribution in [2.75, 3.05) is 10.6 Å². The van der Waals surface area contributed by atoms with Crippen LogP contribution >= 0.6 is 11.6 Å². The second kappa shape index (κ2) is 7.54. The lowest BCUT2D eigenvalue weighted by atomic mass is 9.76. The van der Waals surface area contributed by atoms with E-state index in [-0.39, 0.29) is 23.5 Å². The number of Topliss-reactive ketones (excluding diaryl/α,β-unsaturated/α-hetero) is 1. The van der Waals surface area contributed by atoms with E-state index in [2.05, 4.69) is 16.7 Å². The number of nitrogens with one attached hydrogen (secondary N) is 2. The molecule has 0 radical (unpaired) electrons. The first kappa shape index (κ1) is 18.8. The monoisotopic (exact) mass is 416 g/mol. The Morgan fingerprint density at radius 3 is 2.50 bits per heavy atom. The molecule has 30 heavy (non-hydrogen) atoms. The van der Waals surface area contributed by atoms with Crippen molar-refractivity contribution in [2.45, 2.75) is 18.4 Å². The fourth-order valence-corrected chi connectivity index (χ4v) is 4.75. The van der Waals surface area contributed by atoms with Crippen LogP contribution < -0.4 is 10.6 Å². The zero-order chi connectivity index (χ0) is 20.7. The number of carbonyl (C=O) groups is 1.